The van der Waals surface area contributed by atoms with Gasteiger partial charge in [0.15, 0.2) is 34.9 Å². The standard InChI is InChI=1S/2C15H6F5.Hf/c2*16-11-10(12(17)14(19)15(20)13(11)18)9-5-7-3-1-2-4-8(7)6-9;/h2*1-6H;/q2*-1;. The van der Waals surface area contributed by atoms with Crippen LogP contribution in [-0.4, -0.2) is 0 Å². The second-order valence-corrected chi connectivity index (χ2v) is 8.64. The molecule has 0 bridgehead atoms. The van der Waals surface area contributed by atoms with Crippen LogP contribution in [-0.2, 0) is 25.8 Å². The van der Waals surface area contributed by atoms with Gasteiger partial charge in [-0.05, 0) is 11.1 Å². The van der Waals surface area contributed by atoms with Crippen molar-refractivity contribution in [2.45, 2.75) is 0 Å². The van der Waals surface area contributed by atoms with Gasteiger partial charge in [-0.2, -0.15) is 0 Å². The second kappa shape index (κ2) is 11.6. The SMILES string of the molecule is Fc1c(F)c(F)c(-c2cc3ccccc3[cH-]2)c(F)c1F.Fc1c(F)c(F)c(-c2cc3ccccc3[cH-]2)c(F)c1F.[Hf]. The first-order chi connectivity index (χ1) is 19.0. The van der Waals surface area contributed by atoms with E-state index in [0.29, 0.717) is 21.5 Å². The Morgan fingerprint density at radius 3 is 0.927 bits per heavy atom. The van der Waals surface area contributed by atoms with Gasteiger partial charge in [0.1, 0.15) is 23.3 Å². The Morgan fingerprint density at radius 2 is 0.634 bits per heavy atom. The van der Waals surface area contributed by atoms with E-state index in [1.807, 2.05) is 0 Å². The van der Waals surface area contributed by atoms with Gasteiger partial charge in [-0.25, -0.2) is 43.9 Å². The van der Waals surface area contributed by atoms with E-state index in [4.69, 9.17) is 0 Å². The molecule has 41 heavy (non-hydrogen) atoms. The Balaban J connectivity index is 0.000000184. The van der Waals surface area contributed by atoms with Crippen LogP contribution < -0.4 is 0 Å². The normalized spacial score (nSPS) is 11.0. The summed E-state index contributed by atoms with van der Waals surface area (Å²) in [5, 5.41) is 2.63. The summed E-state index contributed by atoms with van der Waals surface area (Å²) in [7, 11) is 0. The molecule has 0 atom stereocenters. The zero-order valence-electron chi connectivity index (χ0n) is 20.2. The van der Waals surface area contributed by atoms with Crippen molar-refractivity contribution in [1.82, 2.24) is 0 Å². The number of fused-ring (bicyclic) bond motifs is 2. The van der Waals surface area contributed by atoms with Crippen molar-refractivity contribution < 1.29 is 69.7 Å². The Kier molecular flexibility index (Phi) is 8.58. The van der Waals surface area contributed by atoms with Crippen molar-refractivity contribution in [3.05, 3.63) is 131 Å². The molecule has 208 valence electrons. The van der Waals surface area contributed by atoms with Crippen molar-refractivity contribution in [1.29, 1.82) is 0 Å². The van der Waals surface area contributed by atoms with Crippen LogP contribution in [0.15, 0.2) is 72.8 Å². The topological polar surface area (TPSA) is 0 Å². The number of benzene rings is 4. The van der Waals surface area contributed by atoms with E-state index in [0.717, 1.165) is 0 Å². The van der Waals surface area contributed by atoms with Crippen LogP contribution in [0.4, 0.5) is 43.9 Å². The van der Waals surface area contributed by atoms with Crippen molar-refractivity contribution in [3.8, 4) is 22.3 Å². The van der Waals surface area contributed by atoms with E-state index in [9.17, 15) is 43.9 Å². The monoisotopic (exact) mass is 742 g/mol. The molecule has 0 heterocycles. The van der Waals surface area contributed by atoms with Gasteiger partial charge in [0, 0.05) is 25.8 Å². The third kappa shape index (κ3) is 5.23. The summed E-state index contributed by atoms with van der Waals surface area (Å²) in [6, 6.07) is 19.1. The Bertz CT molecular complexity index is 1660. The molecule has 0 aliphatic rings. The zero-order valence-corrected chi connectivity index (χ0v) is 23.8. The molecule has 6 aromatic rings. The molecule has 0 spiro atoms. The summed E-state index contributed by atoms with van der Waals surface area (Å²) >= 11 is 0. The van der Waals surface area contributed by atoms with Crippen LogP contribution in [0.1, 0.15) is 0 Å². The molecule has 0 amide bonds. The minimum absolute atomic E-state index is 0. The van der Waals surface area contributed by atoms with Crippen LogP contribution in [0.25, 0.3) is 43.8 Å². The van der Waals surface area contributed by atoms with Gasteiger partial charge in [-0.1, -0.05) is 36.4 Å². The molecule has 0 nitrogen and oxygen atoms in total. The predicted molar refractivity (Wildman–Crippen MR) is 130 cm³/mol. The molecule has 0 radical (unpaired) electrons. The van der Waals surface area contributed by atoms with Crippen LogP contribution in [0.3, 0.4) is 0 Å². The molecule has 0 aliphatic carbocycles. The fourth-order valence-electron chi connectivity index (χ4n) is 4.31. The van der Waals surface area contributed by atoms with E-state index in [1.165, 1.54) is 24.3 Å². The third-order valence-corrected chi connectivity index (χ3v) is 6.23. The van der Waals surface area contributed by atoms with Crippen molar-refractivity contribution in [2.24, 2.45) is 0 Å². The van der Waals surface area contributed by atoms with Crippen molar-refractivity contribution in [2.75, 3.05) is 0 Å². The molecule has 0 unspecified atom stereocenters. The van der Waals surface area contributed by atoms with E-state index < -0.39 is 69.3 Å². The molecular formula is C30H12F10Hf-2. The maximum absolute atomic E-state index is 13.7. The van der Waals surface area contributed by atoms with E-state index >= 15 is 0 Å². The summed E-state index contributed by atoms with van der Waals surface area (Å²) in [5.41, 5.74) is -1.90. The zero-order chi connectivity index (χ0) is 28.9. The summed E-state index contributed by atoms with van der Waals surface area (Å²) < 4.78 is 133. The van der Waals surface area contributed by atoms with Gasteiger partial charge in [-0.15, -0.1) is 69.1 Å². The summed E-state index contributed by atoms with van der Waals surface area (Å²) in [6.07, 6.45) is 0. The maximum Gasteiger partial charge on any atom is 0.199 e. The van der Waals surface area contributed by atoms with Crippen LogP contribution in [0.5, 0.6) is 0 Å². The molecule has 0 saturated heterocycles. The molecule has 6 rings (SSSR count). The van der Waals surface area contributed by atoms with Gasteiger partial charge in [0.05, 0.1) is 0 Å². The molecule has 0 N–H and O–H groups in total. The predicted octanol–water partition coefficient (Wildman–Crippen LogP) is 9.84. The van der Waals surface area contributed by atoms with Crippen LogP contribution >= 0.6 is 0 Å². The minimum Gasteiger partial charge on any atom is -0.212 e. The van der Waals surface area contributed by atoms with E-state index in [2.05, 4.69) is 0 Å². The van der Waals surface area contributed by atoms with Crippen molar-refractivity contribution >= 4 is 21.5 Å². The minimum atomic E-state index is -2.15. The van der Waals surface area contributed by atoms with Gasteiger partial charge in [0.2, 0.25) is 0 Å². The summed E-state index contributed by atoms with van der Waals surface area (Å²) in [6.45, 7) is 0. The molecule has 11 heteroatoms. The molecule has 0 fully saturated rings. The number of hydrogen-bond donors (Lipinski definition) is 0. The molecule has 0 aromatic heterocycles. The molecule has 0 saturated carbocycles. The average molecular weight is 741 g/mol. The van der Waals surface area contributed by atoms with E-state index in [1.54, 1.807) is 48.5 Å². The largest absolute Gasteiger partial charge is 0.212 e. The number of halogens is 10. The van der Waals surface area contributed by atoms with Gasteiger partial charge in [0.25, 0.3) is 0 Å². The smallest absolute Gasteiger partial charge is 0.199 e. The number of rotatable bonds is 2. The maximum atomic E-state index is 13.7. The average Bonchev–Trinajstić information content (AvgIpc) is 3.57. The van der Waals surface area contributed by atoms with Gasteiger partial charge >= 0.3 is 0 Å². The van der Waals surface area contributed by atoms with Crippen LogP contribution in [0, 0.1) is 58.2 Å². The Morgan fingerprint density at radius 1 is 0.366 bits per heavy atom. The summed E-state index contributed by atoms with van der Waals surface area (Å²) in [5.74, 6) is -19.4. The first-order valence-electron chi connectivity index (χ1n) is 11.4. The Labute approximate surface area is 244 Å². The fraction of sp³-hybridized carbons (Fsp3) is 0. The fourth-order valence-corrected chi connectivity index (χ4v) is 4.31. The van der Waals surface area contributed by atoms with E-state index in [-0.39, 0.29) is 37.0 Å². The third-order valence-electron chi connectivity index (χ3n) is 6.23. The molecular weight excluding hydrogens is 729 g/mol. The quantitative estimate of drug-likeness (QED) is 0.0546. The molecule has 6 aromatic carbocycles. The van der Waals surface area contributed by atoms with Gasteiger partial charge in [-0.3, -0.25) is 0 Å². The molecule has 0 aliphatic heterocycles. The first kappa shape index (κ1) is 30.2. The Hall–Kier alpha value is -3.73. The van der Waals surface area contributed by atoms with Crippen LogP contribution in [0.2, 0.25) is 0 Å². The van der Waals surface area contributed by atoms with Gasteiger partial charge < -0.3 is 0 Å². The second-order valence-electron chi connectivity index (χ2n) is 8.64. The number of hydrogen-bond acceptors (Lipinski definition) is 0. The summed E-state index contributed by atoms with van der Waals surface area (Å²) in [4.78, 5) is 0. The first-order valence-corrected chi connectivity index (χ1v) is 11.4. The van der Waals surface area contributed by atoms with Crippen molar-refractivity contribution in [3.63, 3.8) is 0 Å².